The number of allylic oxidation sites excluding steroid dienone is 2. The Morgan fingerprint density at radius 2 is 1.89 bits per heavy atom. The quantitative estimate of drug-likeness (QED) is 0.316. The summed E-state index contributed by atoms with van der Waals surface area (Å²) in [5, 5.41) is 8.76. The van der Waals surface area contributed by atoms with E-state index in [0.29, 0.717) is 25.2 Å². The number of aliphatic carboxylic acids is 1. The fraction of sp³-hybridized carbons (Fsp3) is 0.538. The molecule has 0 radical (unpaired) electrons. The van der Waals surface area contributed by atoms with Crippen molar-refractivity contribution in [3.8, 4) is 0 Å². The van der Waals surface area contributed by atoms with E-state index < -0.39 is 11.9 Å². The molecule has 0 aromatic carbocycles. The first kappa shape index (κ1) is 13.8. The first-order chi connectivity index (χ1) is 9.06. The maximum atomic E-state index is 11.8. The van der Waals surface area contributed by atoms with E-state index in [4.69, 9.17) is 19.3 Å². The zero-order valence-corrected chi connectivity index (χ0v) is 10.6. The van der Waals surface area contributed by atoms with Gasteiger partial charge in [0.1, 0.15) is 12.7 Å². The standard InChI is InChI=1S/C13H16O6/c1-8(12(14)15)2-3-9(4-10-5-17-10)13(16)19-7-11-6-18-11/h2-3,10-11H,4-7H2,1H3,(H,14,15). The largest absolute Gasteiger partial charge is 0.478 e. The first-order valence-corrected chi connectivity index (χ1v) is 6.07. The van der Waals surface area contributed by atoms with Crippen LogP contribution in [0.15, 0.2) is 23.3 Å². The molecule has 0 aliphatic carbocycles. The van der Waals surface area contributed by atoms with E-state index in [2.05, 4.69) is 0 Å². The summed E-state index contributed by atoms with van der Waals surface area (Å²) in [5.74, 6) is -1.46. The minimum absolute atomic E-state index is 0.0127. The lowest BCUT2D eigenvalue weighted by Crippen LogP contribution is -2.13. The molecule has 19 heavy (non-hydrogen) atoms. The molecule has 0 bridgehead atoms. The third kappa shape index (κ3) is 4.84. The van der Waals surface area contributed by atoms with Crippen molar-refractivity contribution in [1.29, 1.82) is 0 Å². The number of carbonyl (C=O) groups excluding carboxylic acids is 1. The number of hydrogen-bond donors (Lipinski definition) is 1. The third-order valence-corrected chi connectivity index (χ3v) is 2.79. The van der Waals surface area contributed by atoms with Crippen molar-refractivity contribution >= 4 is 11.9 Å². The summed E-state index contributed by atoms with van der Waals surface area (Å²) in [4.78, 5) is 22.5. The fourth-order valence-corrected chi connectivity index (χ4v) is 1.37. The topological polar surface area (TPSA) is 88.7 Å². The van der Waals surface area contributed by atoms with Crippen molar-refractivity contribution in [2.45, 2.75) is 25.6 Å². The van der Waals surface area contributed by atoms with Crippen molar-refractivity contribution in [1.82, 2.24) is 0 Å². The summed E-state index contributed by atoms with van der Waals surface area (Å²) in [5.41, 5.74) is 0.580. The van der Waals surface area contributed by atoms with Crippen LogP contribution in [0.2, 0.25) is 0 Å². The zero-order chi connectivity index (χ0) is 13.8. The second kappa shape index (κ2) is 5.99. The van der Waals surface area contributed by atoms with Gasteiger partial charge in [-0.25, -0.2) is 9.59 Å². The van der Waals surface area contributed by atoms with Gasteiger partial charge in [-0.15, -0.1) is 0 Å². The van der Waals surface area contributed by atoms with E-state index in [0.717, 1.165) is 0 Å². The average molecular weight is 268 g/mol. The van der Waals surface area contributed by atoms with Crippen LogP contribution in [0, 0.1) is 0 Å². The highest BCUT2D eigenvalue weighted by atomic mass is 16.6. The van der Waals surface area contributed by atoms with E-state index in [1.807, 2.05) is 0 Å². The molecule has 2 aliphatic heterocycles. The molecular formula is C13H16O6. The van der Waals surface area contributed by atoms with Gasteiger partial charge < -0.3 is 19.3 Å². The number of carbonyl (C=O) groups is 2. The summed E-state index contributed by atoms with van der Waals surface area (Å²) in [6, 6.07) is 0. The van der Waals surface area contributed by atoms with Crippen LogP contribution in [0.5, 0.6) is 0 Å². The Morgan fingerprint density at radius 1 is 1.26 bits per heavy atom. The zero-order valence-electron chi connectivity index (χ0n) is 10.6. The van der Waals surface area contributed by atoms with Crippen LogP contribution >= 0.6 is 0 Å². The molecule has 0 spiro atoms. The molecule has 6 heteroatoms. The highest BCUT2D eigenvalue weighted by molar-refractivity contribution is 5.90. The number of carboxylic acids is 1. The molecule has 2 fully saturated rings. The molecule has 2 atom stereocenters. The van der Waals surface area contributed by atoms with Crippen LogP contribution < -0.4 is 0 Å². The van der Waals surface area contributed by atoms with Gasteiger partial charge in [0, 0.05) is 17.6 Å². The molecule has 2 unspecified atom stereocenters. The lowest BCUT2D eigenvalue weighted by atomic mass is 10.1. The average Bonchev–Trinajstić information content (AvgIpc) is 3.25. The molecular weight excluding hydrogens is 252 g/mol. The van der Waals surface area contributed by atoms with Crippen molar-refractivity contribution in [2.24, 2.45) is 0 Å². The highest BCUT2D eigenvalue weighted by Gasteiger charge is 2.29. The molecule has 2 heterocycles. The normalized spacial score (nSPS) is 25.9. The van der Waals surface area contributed by atoms with E-state index in [9.17, 15) is 9.59 Å². The third-order valence-electron chi connectivity index (χ3n) is 2.79. The summed E-state index contributed by atoms with van der Waals surface area (Å²) >= 11 is 0. The molecule has 0 aromatic rings. The maximum absolute atomic E-state index is 11.8. The molecule has 2 rings (SSSR count). The molecule has 0 aromatic heterocycles. The van der Waals surface area contributed by atoms with Crippen molar-refractivity contribution in [3.63, 3.8) is 0 Å². The number of rotatable bonds is 7. The van der Waals surface area contributed by atoms with Crippen molar-refractivity contribution < 1.29 is 28.9 Å². The SMILES string of the molecule is CC(=CC=C(CC1CO1)C(=O)OCC1CO1)C(=O)O. The van der Waals surface area contributed by atoms with E-state index in [1.54, 1.807) is 0 Å². The minimum atomic E-state index is -1.02. The lowest BCUT2D eigenvalue weighted by Gasteiger charge is -2.05. The van der Waals surface area contributed by atoms with Crippen LogP contribution in [0.4, 0.5) is 0 Å². The number of ether oxygens (including phenoxy) is 3. The smallest absolute Gasteiger partial charge is 0.334 e. The van der Waals surface area contributed by atoms with Gasteiger partial charge in [0.05, 0.1) is 19.3 Å². The number of hydrogen-bond acceptors (Lipinski definition) is 5. The van der Waals surface area contributed by atoms with Gasteiger partial charge >= 0.3 is 11.9 Å². The van der Waals surface area contributed by atoms with Gasteiger partial charge in [-0.1, -0.05) is 12.2 Å². The minimum Gasteiger partial charge on any atom is -0.478 e. The molecule has 104 valence electrons. The lowest BCUT2D eigenvalue weighted by molar-refractivity contribution is -0.139. The first-order valence-electron chi connectivity index (χ1n) is 6.07. The molecule has 1 N–H and O–H groups in total. The summed E-state index contributed by atoms with van der Waals surface area (Å²) in [6.07, 6.45) is 3.37. The molecule has 0 saturated carbocycles. The Morgan fingerprint density at radius 3 is 2.42 bits per heavy atom. The van der Waals surface area contributed by atoms with Gasteiger partial charge in [0.2, 0.25) is 0 Å². The Balaban J connectivity index is 1.96. The Hall–Kier alpha value is -1.66. The monoisotopic (exact) mass is 268 g/mol. The van der Waals surface area contributed by atoms with Gasteiger partial charge in [-0.05, 0) is 6.92 Å². The summed E-state index contributed by atoms with van der Waals surface area (Å²) in [7, 11) is 0. The fourth-order valence-electron chi connectivity index (χ4n) is 1.37. The van der Waals surface area contributed by atoms with Gasteiger partial charge in [-0.2, -0.15) is 0 Å². The van der Waals surface area contributed by atoms with E-state index >= 15 is 0 Å². The van der Waals surface area contributed by atoms with Gasteiger partial charge in [-0.3, -0.25) is 0 Å². The number of carboxylic acid groups (broad SMARTS) is 1. The van der Waals surface area contributed by atoms with Gasteiger partial charge in [0.15, 0.2) is 0 Å². The second-order valence-electron chi connectivity index (χ2n) is 4.56. The van der Waals surface area contributed by atoms with E-state index in [-0.39, 0.29) is 24.4 Å². The molecule has 0 amide bonds. The molecule has 2 aliphatic rings. The van der Waals surface area contributed by atoms with Crippen molar-refractivity contribution in [2.75, 3.05) is 19.8 Å². The Bertz CT molecular complexity index is 428. The predicted octanol–water partition coefficient (Wildman–Crippen LogP) is 0.675. The van der Waals surface area contributed by atoms with Crippen LogP contribution in [0.1, 0.15) is 13.3 Å². The number of esters is 1. The van der Waals surface area contributed by atoms with Gasteiger partial charge in [0.25, 0.3) is 0 Å². The van der Waals surface area contributed by atoms with Crippen molar-refractivity contribution in [3.05, 3.63) is 23.3 Å². The highest BCUT2D eigenvalue weighted by Crippen LogP contribution is 2.21. The van der Waals surface area contributed by atoms with Crippen LogP contribution in [-0.2, 0) is 23.8 Å². The Labute approximate surface area is 110 Å². The predicted molar refractivity (Wildman–Crippen MR) is 64.5 cm³/mol. The summed E-state index contributed by atoms with van der Waals surface area (Å²) in [6.45, 7) is 2.95. The van der Waals surface area contributed by atoms with Crippen LogP contribution in [0.3, 0.4) is 0 Å². The molecule has 2 saturated heterocycles. The van der Waals surface area contributed by atoms with Crippen LogP contribution in [-0.4, -0.2) is 49.1 Å². The van der Waals surface area contributed by atoms with E-state index in [1.165, 1.54) is 19.1 Å². The maximum Gasteiger partial charge on any atom is 0.334 e. The summed E-state index contributed by atoms with van der Waals surface area (Å²) < 4.78 is 15.1. The molecule has 6 nitrogen and oxygen atoms in total. The number of epoxide rings is 2. The Kier molecular flexibility index (Phi) is 4.34. The van der Waals surface area contributed by atoms with Crippen LogP contribution in [0.25, 0.3) is 0 Å². The second-order valence-corrected chi connectivity index (χ2v) is 4.56.